The number of benzene rings is 1. The zero-order chi connectivity index (χ0) is 20.5. The smallest absolute Gasteiger partial charge is 0.350 e. The maximum absolute atomic E-state index is 12.8. The molecule has 0 spiro atoms. The normalized spacial score (nSPS) is 16.9. The van der Waals surface area contributed by atoms with Crippen molar-refractivity contribution in [2.24, 2.45) is 5.92 Å². The van der Waals surface area contributed by atoms with E-state index in [0.717, 1.165) is 36.3 Å². The average molecular weight is 394 g/mol. The number of nitrogens with one attached hydrogen (secondary N) is 1. The minimum Gasteiger partial charge on any atom is -0.353 e. The van der Waals surface area contributed by atoms with Crippen LogP contribution < -0.4 is 15.9 Å². The molecule has 1 amide bonds. The Morgan fingerprint density at radius 2 is 2.14 bits per heavy atom. The molecule has 1 aliphatic heterocycles. The van der Waals surface area contributed by atoms with Gasteiger partial charge in [-0.05, 0) is 44.2 Å². The van der Waals surface area contributed by atoms with Crippen molar-refractivity contribution in [2.45, 2.75) is 40.2 Å². The van der Waals surface area contributed by atoms with Crippen LogP contribution in [0.15, 0.2) is 35.4 Å². The van der Waals surface area contributed by atoms with Crippen LogP contribution in [0.3, 0.4) is 0 Å². The van der Waals surface area contributed by atoms with E-state index in [2.05, 4.69) is 27.2 Å². The average Bonchev–Trinajstić information content (AvgIpc) is 3.00. The highest BCUT2D eigenvalue weighted by molar-refractivity contribution is 5.91. The summed E-state index contributed by atoms with van der Waals surface area (Å²) >= 11 is 0. The largest absolute Gasteiger partial charge is 0.353 e. The monoisotopic (exact) mass is 394 g/mol. The van der Waals surface area contributed by atoms with Crippen molar-refractivity contribution < 1.29 is 4.79 Å². The highest BCUT2D eigenvalue weighted by atomic mass is 16.2. The summed E-state index contributed by atoms with van der Waals surface area (Å²) in [6.45, 7) is 7.80. The summed E-state index contributed by atoms with van der Waals surface area (Å²) in [5, 5.41) is 7.30. The SMILES string of the molecule is Cc1ccc(NC(=O)Cn2nc3c(N4CCCC(C)C4)nccn3c2=O)c(C)c1. The zero-order valence-electron chi connectivity index (χ0n) is 17.1. The van der Waals surface area contributed by atoms with Gasteiger partial charge in [0, 0.05) is 31.2 Å². The van der Waals surface area contributed by atoms with E-state index >= 15 is 0 Å². The highest BCUT2D eigenvalue weighted by Gasteiger charge is 2.22. The van der Waals surface area contributed by atoms with E-state index in [1.54, 1.807) is 12.4 Å². The second-order valence-corrected chi connectivity index (χ2v) is 7.94. The fraction of sp³-hybridized carbons (Fsp3) is 0.429. The maximum atomic E-state index is 12.8. The molecule has 0 bridgehead atoms. The highest BCUT2D eigenvalue weighted by Crippen LogP contribution is 2.23. The molecule has 1 unspecified atom stereocenters. The molecule has 4 rings (SSSR count). The van der Waals surface area contributed by atoms with Gasteiger partial charge in [-0.3, -0.25) is 4.79 Å². The van der Waals surface area contributed by atoms with Crippen LogP contribution in [0.1, 0.15) is 30.9 Å². The number of carbonyl (C=O) groups excluding carboxylic acids is 1. The van der Waals surface area contributed by atoms with Gasteiger partial charge >= 0.3 is 5.69 Å². The topological polar surface area (TPSA) is 84.5 Å². The molecule has 1 N–H and O–H groups in total. The van der Waals surface area contributed by atoms with Gasteiger partial charge in [-0.25, -0.2) is 18.9 Å². The summed E-state index contributed by atoms with van der Waals surface area (Å²) in [6.07, 6.45) is 5.50. The summed E-state index contributed by atoms with van der Waals surface area (Å²) in [5.41, 5.74) is 2.99. The quantitative estimate of drug-likeness (QED) is 0.734. The first kappa shape index (κ1) is 19.2. The molecule has 0 radical (unpaired) electrons. The summed E-state index contributed by atoms with van der Waals surface area (Å²) in [6, 6.07) is 5.82. The van der Waals surface area contributed by atoms with Crippen molar-refractivity contribution in [2.75, 3.05) is 23.3 Å². The molecule has 0 aliphatic carbocycles. The molecule has 1 atom stereocenters. The molecule has 1 fully saturated rings. The molecular weight excluding hydrogens is 368 g/mol. The van der Waals surface area contributed by atoms with Crippen LogP contribution in [0.4, 0.5) is 11.5 Å². The molecule has 0 saturated carbocycles. The van der Waals surface area contributed by atoms with Gasteiger partial charge < -0.3 is 10.2 Å². The van der Waals surface area contributed by atoms with Gasteiger partial charge in [-0.1, -0.05) is 24.6 Å². The second kappa shape index (κ2) is 7.69. The number of hydrogen-bond acceptors (Lipinski definition) is 5. The van der Waals surface area contributed by atoms with E-state index in [-0.39, 0.29) is 18.1 Å². The first-order chi connectivity index (χ1) is 13.9. The second-order valence-electron chi connectivity index (χ2n) is 7.94. The van der Waals surface area contributed by atoms with Gasteiger partial charge in [0.15, 0.2) is 5.82 Å². The number of amides is 1. The Labute approximate surface area is 169 Å². The summed E-state index contributed by atoms with van der Waals surface area (Å²) in [5.74, 6) is 0.983. The minimum atomic E-state index is -0.343. The predicted octanol–water partition coefficient (Wildman–Crippen LogP) is 2.38. The summed E-state index contributed by atoms with van der Waals surface area (Å²) in [7, 11) is 0. The van der Waals surface area contributed by atoms with Crippen molar-refractivity contribution in [1.82, 2.24) is 19.2 Å². The third-order valence-electron chi connectivity index (χ3n) is 5.39. The molecule has 1 aromatic carbocycles. The maximum Gasteiger partial charge on any atom is 0.350 e. The number of fused-ring (bicyclic) bond motifs is 1. The molecule has 3 heterocycles. The lowest BCUT2D eigenvalue weighted by Crippen LogP contribution is -2.35. The van der Waals surface area contributed by atoms with Gasteiger partial charge in [0.05, 0.1) is 0 Å². The molecular formula is C21H26N6O2. The Morgan fingerprint density at radius 1 is 1.31 bits per heavy atom. The molecule has 152 valence electrons. The number of anilines is 2. The molecule has 1 saturated heterocycles. The van der Waals surface area contributed by atoms with E-state index < -0.39 is 0 Å². The lowest BCUT2D eigenvalue weighted by Gasteiger charge is -2.31. The van der Waals surface area contributed by atoms with Crippen LogP contribution in [-0.4, -0.2) is 38.2 Å². The number of rotatable bonds is 4. The molecule has 3 aromatic rings. The number of piperidine rings is 1. The van der Waals surface area contributed by atoms with Crippen LogP contribution in [0.5, 0.6) is 0 Å². The number of aryl methyl sites for hydroxylation is 2. The van der Waals surface area contributed by atoms with Crippen molar-refractivity contribution in [3.05, 3.63) is 52.2 Å². The van der Waals surface area contributed by atoms with Crippen LogP contribution in [-0.2, 0) is 11.3 Å². The van der Waals surface area contributed by atoms with Crippen LogP contribution >= 0.6 is 0 Å². The van der Waals surface area contributed by atoms with Gasteiger partial charge in [0.25, 0.3) is 0 Å². The summed E-state index contributed by atoms with van der Waals surface area (Å²) < 4.78 is 2.67. The van der Waals surface area contributed by atoms with Crippen molar-refractivity contribution >= 4 is 23.1 Å². The summed E-state index contributed by atoms with van der Waals surface area (Å²) in [4.78, 5) is 31.9. The number of aromatic nitrogens is 4. The van der Waals surface area contributed by atoms with E-state index in [0.29, 0.717) is 17.4 Å². The van der Waals surface area contributed by atoms with Crippen LogP contribution in [0.2, 0.25) is 0 Å². The number of hydrogen-bond donors (Lipinski definition) is 1. The lowest BCUT2D eigenvalue weighted by molar-refractivity contribution is -0.117. The van der Waals surface area contributed by atoms with Gasteiger partial charge in [-0.15, -0.1) is 5.10 Å². The van der Waals surface area contributed by atoms with E-state index in [1.807, 2.05) is 32.0 Å². The van der Waals surface area contributed by atoms with Crippen molar-refractivity contribution in [3.8, 4) is 0 Å². The van der Waals surface area contributed by atoms with E-state index in [1.165, 1.54) is 15.5 Å². The van der Waals surface area contributed by atoms with E-state index in [9.17, 15) is 9.59 Å². The van der Waals surface area contributed by atoms with Crippen molar-refractivity contribution in [1.29, 1.82) is 0 Å². The third-order valence-corrected chi connectivity index (χ3v) is 5.39. The fourth-order valence-electron chi connectivity index (χ4n) is 3.92. The molecule has 2 aromatic heterocycles. The van der Waals surface area contributed by atoms with Crippen LogP contribution in [0, 0.1) is 19.8 Å². The van der Waals surface area contributed by atoms with Crippen LogP contribution in [0.25, 0.3) is 5.65 Å². The predicted molar refractivity (Wildman–Crippen MR) is 112 cm³/mol. The first-order valence-electron chi connectivity index (χ1n) is 9.98. The lowest BCUT2D eigenvalue weighted by atomic mass is 10.0. The van der Waals surface area contributed by atoms with E-state index in [4.69, 9.17) is 0 Å². The van der Waals surface area contributed by atoms with Crippen molar-refractivity contribution in [3.63, 3.8) is 0 Å². The zero-order valence-corrected chi connectivity index (χ0v) is 17.1. The van der Waals surface area contributed by atoms with Gasteiger partial charge in [0.2, 0.25) is 11.6 Å². The minimum absolute atomic E-state index is 0.149. The standard InChI is InChI=1S/C21H26N6O2/c1-14-6-7-17(16(3)11-14)23-18(28)13-27-21(29)26-10-8-22-19(20(26)24-27)25-9-4-5-15(2)12-25/h6-8,10-11,15H,4-5,9,12-13H2,1-3H3,(H,23,28). The Kier molecular flexibility index (Phi) is 5.08. The Morgan fingerprint density at radius 3 is 2.90 bits per heavy atom. The Bertz CT molecular complexity index is 1120. The molecule has 29 heavy (non-hydrogen) atoms. The molecule has 8 nitrogen and oxygen atoms in total. The first-order valence-corrected chi connectivity index (χ1v) is 9.98. The molecule has 1 aliphatic rings. The van der Waals surface area contributed by atoms with Gasteiger partial charge in [-0.2, -0.15) is 0 Å². The van der Waals surface area contributed by atoms with Gasteiger partial charge in [0.1, 0.15) is 6.54 Å². The molecule has 8 heteroatoms. The Balaban J connectivity index is 1.59. The Hall–Kier alpha value is -3.16. The number of carbonyl (C=O) groups is 1. The fourth-order valence-corrected chi connectivity index (χ4v) is 3.92. The number of nitrogens with zero attached hydrogens (tertiary/aromatic N) is 5. The third kappa shape index (κ3) is 3.87.